The van der Waals surface area contributed by atoms with Crippen molar-refractivity contribution in [3.05, 3.63) is 83.1 Å². The van der Waals surface area contributed by atoms with Crippen molar-refractivity contribution in [3.8, 4) is 0 Å². The van der Waals surface area contributed by atoms with Gasteiger partial charge in [-0.3, -0.25) is 9.69 Å². The second-order valence-electron chi connectivity index (χ2n) is 7.61. The lowest BCUT2D eigenvalue weighted by Gasteiger charge is -2.46. The molecule has 4 rings (SSSR count). The van der Waals surface area contributed by atoms with Gasteiger partial charge in [-0.25, -0.2) is 8.78 Å². The van der Waals surface area contributed by atoms with Gasteiger partial charge in [-0.15, -0.1) is 10.2 Å². The van der Waals surface area contributed by atoms with Gasteiger partial charge in [0.2, 0.25) is 11.8 Å². The number of aromatic nitrogens is 2. The molecule has 1 fully saturated rings. The molecule has 3 aromatic rings. The van der Waals surface area contributed by atoms with Gasteiger partial charge in [0.1, 0.15) is 0 Å². The summed E-state index contributed by atoms with van der Waals surface area (Å²) in [5.41, 5.74) is -0.898. The van der Waals surface area contributed by atoms with Crippen molar-refractivity contribution in [2.45, 2.75) is 31.5 Å². The van der Waals surface area contributed by atoms with Crippen LogP contribution in [0.3, 0.4) is 0 Å². The summed E-state index contributed by atoms with van der Waals surface area (Å²) in [6.45, 7) is 2.76. The fourth-order valence-electron chi connectivity index (χ4n) is 3.97. The minimum absolute atomic E-state index is 0.211. The lowest BCUT2D eigenvalue weighted by atomic mass is 9.78. The van der Waals surface area contributed by atoms with Crippen LogP contribution in [0, 0.1) is 18.6 Å². The van der Waals surface area contributed by atoms with Crippen LogP contribution in [-0.2, 0) is 12.1 Å². The number of hydrogen-bond donors (Lipinski definition) is 2. The molecule has 31 heavy (non-hydrogen) atoms. The van der Waals surface area contributed by atoms with Crippen molar-refractivity contribution < 1.29 is 23.1 Å². The van der Waals surface area contributed by atoms with Crippen molar-refractivity contribution in [2.24, 2.45) is 0 Å². The number of aliphatic hydroxyl groups excluding tert-OH is 1. The highest BCUT2D eigenvalue weighted by Gasteiger charge is 2.45. The Morgan fingerprint density at radius 2 is 2.00 bits per heavy atom. The van der Waals surface area contributed by atoms with Crippen LogP contribution in [0.4, 0.5) is 8.78 Å². The lowest BCUT2D eigenvalue weighted by Crippen LogP contribution is -2.61. The average molecular weight is 428 g/mol. The quantitative estimate of drug-likeness (QED) is 0.649. The first-order valence-corrected chi connectivity index (χ1v) is 9.90. The molecule has 2 aromatic carbocycles. The highest BCUT2D eigenvalue weighted by atomic mass is 19.2. The molecule has 0 bridgehead atoms. The van der Waals surface area contributed by atoms with E-state index >= 15 is 0 Å². The van der Waals surface area contributed by atoms with E-state index in [4.69, 9.17) is 4.42 Å². The molecule has 162 valence electrons. The molecule has 0 aliphatic carbocycles. The highest BCUT2D eigenvalue weighted by Crippen LogP contribution is 2.34. The number of hydrogen-bond acceptors (Lipinski definition) is 6. The van der Waals surface area contributed by atoms with Crippen LogP contribution in [-0.4, -0.2) is 45.3 Å². The Balaban J connectivity index is 1.60. The zero-order valence-corrected chi connectivity index (χ0v) is 16.9. The van der Waals surface area contributed by atoms with E-state index < -0.39 is 34.7 Å². The maximum atomic E-state index is 14.2. The number of piperidine rings is 1. The summed E-state index contributed by atoms with van der Waals surface area (Å²) in [6, 6.07) is 12.4. The van der Waals surface area contributed by atoms with Crippen molar-refractivity contribution >= 4 is 5.91 Å². The number of aryl methyl sites for hydroxylation is 1. The standard InChI is InChI=1S/C22H22F2N4O3/c1-14-26-27-19(31-14)13-28-11-10-22(18(29)12-28,15-6-3-2-4-7-15)25-21(30)16-8-5-9-17(23)20(16)24/h2-9,18,29H,10-13H2,1H3,(H,25,30)/t18-,22-/m1/s1. The van der Waals surface area contributed by atoms with Crippen molar-refractivity contribution in [2.75, 3.05) is 13.1 Å². The monoisotopic (exact) mass is 428 g/mol. The van der Waals surface area contributed by atoms with Gasteiger partial charge in [-0.05, 0) is 24.1 Å². The van der Waals surface area contributed by atoms with Gasteiger partial charge in [0.05, 0.1) is 23.8 Å². The number of rotatable bonds is 5. The van der Waals surface area contributed by atoms with Crippen molar-refractivity contribution in [1.29, 1.82) is 0 Å². The largest absolute Gasteiger partial charge is 0.424 e. The van der Waals surface area contributed by atoms with Crippen LogP contribution in [0.2, 0.25) is 0 Å². The molecule has 1 aromatic heterocycles. The fraction of sp³-hybridized carbons (Fsp3) is 0.318. The first-order valence-electron chi connectivity index (χ1n) is 9.90. The van der Waals surface area contributed by atoms with E-state index in [1.165, 1.54) is 12.1 Å². The predicted octanol–water partition coefficient (Wildman–Crippen LogP) is 2.55. The second-order valence-corrected chi connectivity index (χ2v) is 7.61. The fourth-order valence-corrected chi connectivity index (χ4v) is 3.97. The SMILES string of the molecule is Cc1nnc(CN2CC[C@@](NC(=O)c3cccc(F)c3F)(c3ccccc3)[C@H](O)C2)o1. The van der Waals surface area contributed by atoms with Gasteiger partial charge in [0, 0.05) is 20.0 Å². The highest BCUT2D eigenvalue weighted by molar-refractivity contribution is 5.95. The topological polar surface area (TPSA) is 91.5 Å². The normalized spacial score (nSPS) is 21.7. The predicted molar refractivity (Wildman–Crippen MR) is 107 cm³/mol. The first kappa shape index (κ1) is 21.1. The van der Waals surface area contributed by atoms with Crippen LogP contribution in [0.1, 0.15) is 34.1 Å². The Kier molecular flexibility index (Phi) is 5.79. The third-order valence-electron chi connectivity index (χ3n) is 5.57. The van der Waals surface area contributed by atoms with Gasteiger partial charge >= 0.3 is 0 Å². The summed E-state index contributed by atoms with van der Waals surface area (Å²) in [5.74, 6) is -2.23. The summed E-state index contributed by atoms with van der Waals surface area (Å²) in [5, 5.41) is 21.7. The summed E-state index contributed by atoms with van der Waals surface area (Å²) in [4.78, 5) is 14.8. The van der Waals surface area contributed by atoms with Crippen LogP contribution >= 0.6 is 0 Å². The zero-order chi connectivity index (χ0) is 22.0. The van der Waals surface area contributed by atoms with Crippen molar-refractivity contribution in [3.63, 3.8) is 0 Å². The Hall–Kier alpha value is -3.17. The number of aliphatic hydroxyl groups is 1. The van der Waals surface area contributed by atoms with Gasteiger partial charge < -0.3 is 14.8 Å². The first-order chi connectivity index (χ1) is 14.9. The number of carbonyl (C=O) groups excluding carboxylic acids is 1. The molecule has 0 unspecified atom stereocenters. The average Bonchev–Trinajstić information content (AvgIpc) is 3.17. The molecule has 0 spiro atoms. The molecule has 1 saturated heterocycles. The van der Waals surface area contributed by atoms with Crippen LogP contribution in [0.15, 0.2) is 52.9 Å². The van der Waals surface area contributed by atoms with E-state index in [9.17, 15) is 18.7 Å². The number of likely N-dealkylation sites (tertiary alicyclic amines) is 1. The number of amides is 1. The number of nitrogens with zero attached hydrogens (tertiary/aromatic N) is 3. The summed E-state index contributed by atoms with van der Waals surface area (Å²) in [7, 11) is 0. The Morgan fingerprint density at radius 1 is 1.23 bits per heavy atom. The summed E-state index contributed by atoms with van der Waals surface area (Å²) >= 11 is 0. The Morgan fingerprint density at radius 3 is 2.68 bits per heavy atom. The van der Waals surface area contributed by atoms with E-state index in [1.807, 2.05) is 11.0 Å². The van der Waals surface area contributed by atoms with Crippen LogP contribution < -0.4 is 5.32 Å². The van der Waals surface area contributed by atoms with Crippen LogP contribution in [0.5, 0.6) is 0 Å². The molecule has 7 nitrogen and oxygen atoms in total. The van der Waals surface area contributed by atoms with E-state index in [0.29, 0.717) is 36.9 Å². The third-order valence-corrected chi connectivity index (χ3v) is 5.57. The number of carbonyl (C=O) groups is 1. The number of nitrogens with one attached hydrogen (secondary N) is 1. The maximum absolute atomic E-state index is 14.2. The number of β-amino-alcohol motifs (C(OH)–C–C–N with tert-alkyl or cyclic N) is 1. The molecule has 1 amide bonds. The third kappa shape index (κ3) is 4.19. The zero-order valence-electron chi connectivity index (χ0n) is 16.9. The number of halogens is 2. The molecule has 1 aliphatic rings. The molecule has 2 atom stereocenters. The molecule has 0 saturated carbocycles. The Bertz CT molecular complexity index is 1080. The lowest BCUT2D eigenvalue weighted by molar-refractivity contribution is -0.0203. The molecule has 2 heterocycles. The summed E-state index contributed by atoms with van der Waals surface area (Å²) in [6.07, 6.45) is -0.679. The van der Waals surface area contributed by atoms with Gasteiger partial charge in [-0.2, -0.15) is 0 Å². The molecule has 2 N–H and O–H groups in total. The summed E-state index contributed by atoms with van der Waals surface area (Å²) < 4.78 is 33.3. The van der Waals surface area contributed by atoms with Gasteiger partial charge in [0.15, 0.2) is 11.6 Å². The maximum Gasteiger partial charge on any atom is 0.255 e. The minimum Gasteiger partial charge on any atom is -0.424 e. The van der Waals surface area contributed by atoms with E-state index in [0.717, 1.165) is 6.07 Å². The van der Waals surface area contributed by atoms with E-state index in [1.54, 1.807) is 31.2 Å². The molecule has 0 radical (unpaired) electrons. The van der Waals surface area contributed by atoms with Gasteiger partial charge in [-0.1, -0.05) is 36.4 Å². The van der Waals surface area contributed by atoms with E-state index in [2.05, 4.69) is 15.5 Å². The smallest absolute Gasteiger partial charge is 0.255 e. The molecular formula is C22H22F2N4O3. The minimum atomic E-state index is -1.22. The molecule has 1 aliphatic heterocycles. The molecule has 9 heteroatoms. The number of benzene rings is 2. The Labute approximate surface area is 177 Å². The molecular weight excluding hydrogens is 406 g/mol. The van der Waals surface area contributed by atoms with Crippen LogP contribution in [0.25, 0.3) is 0 Å². The van der Waals surface area contributed by atoms with E-state index in [-0.39, 0.29) is 6.54 Å². The van der Waals surface area contributed by atoms with Gasteiger partial charge in [0.25, 0.3) is 5.91 Å². The van der Waals surface area contributed by atoms with Crippen molar-refractivity contribution in [1.82, 2.24) is 20.4 Å². The second kappa shape index (κ2) is 8.52.